The average molecular weight is 647 g/mol. The van der Waals surface area contributed by atoms with E-state index in [1.807, 2.05) is 20.8 Å². The number of ether oxygens (including phenoxy) is 2. The molecule has 0 saturated carbocycles. The van der Waals surface area contributed by atoms with Gasteiger partial charge in [0, 0.05) is 12.0 Å². The van der Waals surface area contributed by atoms with E-state index in [1.165, 1.54) is 56.7 Å². The molecule has 1 fully saturated rings. The Hall–Kier alpha value is -3.73. The highest BCUT2D eigenvalue weighted by molar-refractivity contribution is 6.31. The number of anilines is 2. The Kier molecular flexibility index (Phi) is 8.39. The van der Waals surface area contributed by atoms with Crippen LogP contribution in [0.4, 0.5) is 20.2 Å². The van der Waals surface area contributed by atoms with Crippen molar-refractivity contribution in [1.29, 1.82) is 0 Å². The first-order valence-corrected chi connectivity index (χ1v) is 14.6. The van der Waals surface area contributed by atoms with Crippen LogP contribution in [0.3, 0.4) is 0 Å². The summed E-state index contributed by atoms with van der Waals surface area (Å²) < 4.78 is 41.5. The molecule has 12 heteroatoms. The molecule has 232 valence electrons. The molecule has 3 N–H and O–H groups in total. The largest absolute Gasteiger partial charge is 0.495 e. The van der Waals surface area contributed by atoms with E-state index < -0.39 is 52.8 Å². The number of fused-ring (bicyclic) bond motifs is 2. The maximum Gasteiger partial charge on any atom is 0.337 e. The van der Waals surface area contributed by atoms with Crippen LogP contribution in [0, 0.1) is 17.0 Å². The molecule has 8 nitrogen and oxygen atoms in total. The highest BCUT2D eigenvalue weighted by Gasteiger charge is 2.66. The van der Waals surface area contributed by atoms with Gasteiger partial charge in [-0.3, -0.25) is 9.59 Å². The Bertz CT molecular complexity index is 1680. The third kappa shape index (κ3) is 5.18. The Morgan fingerprint density at radius 1 is 1.02 bits per heavy atom. The predicted octanol–water partition coefficient (Wildman–Crippen LogP) is 6.46. The number of amides is 2. The lowest BCUT2D eigenvalue weighted by Crippen LogP contribution is -2.49. The van der Waals surface area contributed by atoms with Crippen LogP contribution in [0.5, 0.6) is 5.75 Å². The van der Waals surface area contributed by atoms with E-state index in [-0.39, 0.29) is 49.3 Å². The normalized spacial score (nSPS) is 22.5. The molecular formula is C32H31Cl2F2N3O5. The number of halogens is 4. The van der Waals surface area contributed by atoms with Crippen LogP contribution < -0.4 is 20.7 Å². The molecule has 0 radical (unpaired) electrons. The zero-order valence-electron chi connectivity index (χ0n) is 24.6. The fourth-order valence-electron chi connectivity index (χ4n) is 6.43. The van der Waals surface area contributed by atoms with Crippen molar-refractivity contribution in [3.63, 3.8) is 0 Å². The van der Waals surface area contributed by atoms with E-state index in [2.05, 4.69) is 16.0 Å². The molecule has 2 aliphatic heterocycles. The van der Waals surface area contributed by atoms with Crippen LogP contribution in [0.25, 0.3) is 0 Å². The second-order valence-electron chi connectivity index (χ2n) is 12.1. The van der Waals surface area contributed by atoms with E-state index in [0.717, 1.165) is 0 Å². The number of rotatable bonds is 6. The second-order valence-corrected chi connectivity index (χ2v) is 12.9. The molecule has 1 saturated heterocycles. The minimum atomic E-state index is -1.64. The van der Waals surface area contributed by atoms with Crippen LogP contribution in [-0.4, -0.2) is 44.1 Å². The van der Waals surface area contributed by atoms with Gasteiger partial charge >= 0.3 is 5.97 Å². The van der Waals surface area contributed by atoms with Gasteiger partial charge in [0.1, 0.15) is 17.0 Å². The van der Waals surface area contributed by atoms with Crippen LogP contribution in [0.15, 0.2) is 48.5 Å². The summed E-state index contributed by atoms with van der Waals surface area (Å²) in [6, 6.07) is 9.63. The standard InChI is InChI=1S/C32H31Cl2F2N3O5/c1-31(2,3)14-22-32(17-10-11-19(34)25(36)26(17)39-30(32)42)23(16-7-6-8-18(33)24(16)35)27(38-22)28(40)37-20-12-9-15(29(41)44-5)13-21(20)43-4/h6-13,22-23,27,38H,14H2,1-5H3,(H,37,40)(H,39,42)/t22-,23+,27-,32+/m1/s1. The summed E-state index contributed by atoms with van der Waals surface area (Å²) in [6.07, 6.45) is 0.351. The summed E-state index contributed by atoms with van der Waals surface area (Å²) in [6.45, 7) is 5.90. The quantitative estimate of drug-likeness (QED) is 0.266. The molecule has 3 aromatic rings. The second kappa shape index (κ2) is 11.6. The fourth-order valence-corrected chi connectivity index (χ4v) is 6.77. The summed E-state index contributed by atoms with van der Waals surface area (Å²) >= 11 is 12.3. The molecule has 2 aliphatic rings. The molecule has 0 unspecified atom stereocenters. The van der Waals surface area contributed by atoms with E-state index in [0.29, 0.717) is 6.42 Å². The molecule has 1 spiro atoms. The van der Waals surface area contributed by atoms with E-state index in [4.69, 9.17) is 32.7 Å². The highest BCUT2D eigenvalue weighted by Crippen LogP contribution is 2.58. The lowest BCUT2D eigenvalue weighted by Gasteiger charge is -2.37. The molecule has 4 atom stereocenters. The number of carbonyl (C=O) groups is 3. The van der Waals surface area contributed by atoms with Gasteiger partial charge in [0.2, 0.25) is 11.8 Å². The number of hydrogen-bond donors (Lipinski definition) is 3. The average Bonchev–Trinajstić information content (AvgIpc) is 3.46. The van der Waals surface area contributed by atoms with Crippen molar-refractivity contribution in [2.45, 2.75) is 50.6 Å². The molecule has 44 heavy (non-hydrogen) atoms. The first-order valence-electron chi connectivity index (χ1n) is 13.8. The van der Waals surface area contributed by atoms with Gasteiger partial charge in [-0.1, -0.05) is 62.2 Å². The van der Waals surface area contributed by atoms with E-state index in [1.54, 1.807) is 6.07 Å². The van der Waals surface area contributed by atoms with Crippen LogP contribution in [0.1, 0.15) is 54.6 Å². The highest BCUT2D eigenvalue weighted by atomic mass is 35.5. The number of esters is 1. The maximum absolute atomic E-state index is 16.0. The van der Waals surface area contributed by atoms with Gasteiger partial charge in [-0.25, -0.2) is 13.6 Å². The number of methoxy groups -OCH3 is 2. The summed E-state index contributed by atoms with van der Waals surface area (Å²) in [4.78, 5) is 40.5. The minimum absolute atomic E-state index is 0.00733. The van der Waals surface area contributed by atoms with Gasteiger partial charge in [0.25, 0.3) is 0 Å². The predicted molar refractivity (Wildman–Crippen MR) is 164 cm³/mol. The van der Waals surface area contributed by atoms with Crippen molar-refractivity contribution in [1.82, 2.24) is 5.32 Å². The summed E-state index contributed by atoms with van der Waals surface area (Å²) in [5.74, 6) is -4.45. The Labute approximate surface area is 263 Å². The molecule has 0 bridgehead atoms. The molecule has 3 aromatic carbocycles. The smallest absolute Gasteiger partial charge is 0.337 e. The molecule has 0 aliphatic carbocycles. The zero-order valence-corrected chi connectivity index (χ0v) is 26.1. The van der Waals surface area contributed by atoms with Crippen LogP contribution in [0.2, 0.25) is 10.0 Å². The lowest BCUT2D eigenvalue weighted by atomic mass is 9.62. The van der Waals surface area contributed by atoms with Crippen molar-refractivity contribution in [3.05, 3.63) is 86.9 Å². The molecule has 2 heterocycles. The van der Waals surface area contributed by atoms with Gasteiger partial charge in [0.05, 0.1) is 47.2 Å². The minimum Gasteiger partial charge on any atom is -0.495 e. The number of benzene rings is 3. The lowest BCUT2D eigenvalue weighted by molar-refractivity contribution is -0.122. The number of nitrogens with one attached hydrogen (secondary N) is 3. The van der Waals surface area contributed by atoms with Crippen molar-refractivity contribution in [2.75, 3.05) is 24.9 Å². The van der Waals surface area contributed by atoms with E-state index >= 15 is 8.78 Å². The van der Waals surface area contributed by atoms with E-state index in [9.17, 15) is 14.4 Å². The Morgan fingerprint density at radius 3 is 2.39 bits per heavy atom. The van der Waals surface area contributed by atoms with Crippen molar-refractivity contribution < 1.29 is 32.6 Å². The SMILES string of the molecule is COC(=O)c1ccc(NC(=O)[C@@H]2N[C@H](CC(C)(C)C)[C@]3(C(=O)Nc4c3ccc(Cl)c4F)[C@H]2c2cccc(Cl)c2F)c(OC)c1. The van der Waals surface area contributed by atoms with Crippen LogP contribution in [-0.2, 0) is 19.7 Å². The van der Waals surface area contributed by atoms with Crippen LogP contribution >= 0.6 is 23.2 Å². The third-order valence-corrected chi connectivity index (χ3v) is 8.79. The number of carbonyl (C=O) groups excluding carboxylic acids is 3. The summed E-state index contributed by atoms with van der Waals surface area (Å²) in [5, 5.41) is 8.39. The molecule has 5 rings (SSSR count). The van der Waals surface area contributed by atoms with Gasteiger partial charge < -0.3 is 25.4 Å². The Balaban J connectivity index is 1.71. The summed E-state index contributed by atoms with van der Waals surface area (Å²) in [7, 11) is 2.62. The third-order valence-electron chi connectivity index (χ3n) is 8.21. The van der Waals surface area contributed by atoms with Crippen molar-refractivity contribution in [2.24, 2.45) is 5.41 Å². The Morgan fingerprint density at radius 2 is 1.73 bits per heavy atom. The molecule has 2 amide bonds. The van der Waals surface area contributed by atoms with Gasteiger partial charge in [-0.15, -0.1) is 0 Å². The molecule has 0 aromatic heterocycles. The maximum atomic E-state index is 16.0. The molecular weight excluding hydrogens is 615 g/mol. The summed E-state index contributed by atoms with van der Waals surface area (Å²) in [5.41, 5.74) is -1.45. The zero-order chi connectivity index (χ0) is 32.1. The first-order chi connectivity index (χ1) is 20.7. The van der Waals surface area contributed by atoms with Gasteiger partial charge in [-0.2, -0.15) is 0 Å². The monoisotopic (exact) mass is 645 g/mol. The topological polar surface area (TPSA) is 106 Å². The first kappa shape index (κ1) is 31.7. The van der Waals surface area contributed by atoms with Crippen molar-refractivity contribution in [3.8, 4) is 5.75 Å². The van der Waals surface area contributed by atoms with Gasteiger partial charge in [0.15, 0.2) is 5.82 Å². The van der Waals surface area contributed by atoms with Gasteiger partial charge in [-0.05, 0) is 53.3 Å². The fraction of sp³-hybridized carbons (Fsp3) is 0.344. The number of hydrogen-bond acceptors (Lipinski definition) is 6. The van der Waals surface area contributed by atoms with Crippen molar-refractivity contribution >= 4 is 52.4 Å².